The van der Waals surface area contributed by atoms with Crippen molar-refractivity contribution in [3.05, 3.63) is 45.6 Å². The molecule has 2 rings (SSSR count). The van der Waals surface area contributed by atoms with E-state index in [0.717, 1.165) is 0 Å². The van der Waals surface area contributed by atoms with E-state index in [4.69, 9.17) is 28.3 Å². The number of hydrogen-bond acceptors (Lipinski definition) is 3. The van der Waals surface area contributed by atoms with Crippen LogP contribution >= 0.6 is 23.2 Å². The third kappa shape index (κ3) is 3.57. The van der Waals surface area contributed by atoms with E-state index in [1.807, 2.05) is 0 Å². The molecule has 0 saturated carbocycles. The van der Waals surface area contributed by atoms with Crippen LogP contribution in [0.3, 0.4) is 0 Å². The maximum absolute atomic E-state index is 11.4. The zero-order valence-corrected chi connectivity index (χ0v) is 13.5. The summed E-state index contributed by atoms with van der Waals surface area (Å²) in [5, 5.41) is 22.0. The van der Waals surface area contributed by atoms with Crippen LogP contribution in [0.2, 0.25) is 10.0 Å². The van der Waals surface area contributed by atoms with Crippen LogP contribution in [0.4, 0.5) is 0 Å². The van der Waals surface area contributed by atoms with Gasteiger partial charge in [-0.05, 0) is 12.1 Å². The van der Waals surface area contributed by atoms with Crippen molar-refractivity contribution in [3.8, 4) is 0 Å². The SMILES string of the molecule is CN=C1NC(c2c(Cl)cccc2Cl)CN1/C(=C\C(=O)O)C(=O)O. The van der Waals surface area contributed by atoms with E-state index >= 15 is 0 Å². The molecule has 9 heteroatoms. The molecule has 0 aliphatic carbocycles. The van der Waals surface area contributed by atoms with Gasteiger partial charge in [0.15, 0.2) is 5.96 Å². The Hall–Kier alpha value is -2.25. The number of carboxylic acids is 2. The van der Waals surface area contributed by atoms with Crippen LogP contribution in [0, 0.1) is 0 Å². The molecule has 0 spiro atoms. The number of benzene rings is 1. The minimum absolute atomic E-state index is 0.127. The highest BCUT2D eigenvalue weighted by molar-refractivity contribution is 6.36. The molecule has 1 unspecified atom stereocenters. The molecule has 1 aromatic carbocycles. The summed E-state index contributed by atoms with van der Waals surface area (Å²) < 4.78 is 0. The second kappa shape index (κ2) is 6.89. The van der Waals surface area contributed by atoms with Gasteiger partial charge in [0.2, 0.25) is 0 Å². The maximum Gasteiger partial charge on any atom is 0.352 e. The van der Waals surface area contributed by atoms with Crippen LogP contribution in [-0.2, 0) is 9.59 Å². The lowest BCUT2D eigenvalue weighted by atomic mass is 10.1. The van der Waals surface area contributed by atoms with E-state index in [9.17, 15) is 14.7 Å². The highest BCUT2D eigenvalue weighted by Gasteiger charge is 2.35. The van der Waals surface area contributed by atoms with Gasteiger partial charge in [-0.3, -0.25) is 4.99 Å². The monoisotopic (exact) mass is 357 g/mol. The number of aliphatic imine (C=N–C) groups is 1. The molecule has 122 valence electrons. The highest BCUT2D eigenvalue weighted by Crippen LogP contribution is 2.33. The van der Waals surface area contributed by atoms with Crippen LogP contribution < -0.4 is 5.32 Å². The van der Waals surface area contributed by atoms with Gasteiger partial charge in [0.25, 0.3) is 0 Å². The van der Waals surface area contributed by atoms with E-state index in [-0.39, 0.29) is 12.5 Å². The van der Waals surface area contributed by atoms with Crippen LogP contribution in [0.5, 0.6) is 0 Å². The van der Waals surface area contributed by atoms with Crippen molar-refractivity contribution < 1.29 is 19.8 Å². The normalized spacial score (nSPS) is 19.8. The molecule has 1 fully saturated rings. The Morgan fingerprint density at radius 3 is 2.43 bits per heavy atom. The first-order valence-electron chi connectivity index (χ1n) is 6.47. The van der Waals surface area contributed by atoms with Gasteiger partial charge in [-0.1, -0.05) is 29.3 Å². The highest BCUT2D eigenvalue weighted by atomic mass is 35.5. The number of rotatable bonds is 4. The summed E-state index contributed by atoms with van der Waals surface area (Å²) in [6, 6.07) is 4.61. The summed E-state index contributed by atoms with van der Waals surface area (Å²) in [6.07, 6.45) is 0.617. The molecule has 1 aromatic rings. The quantitative estimate of drug-likeness (QED) is 0.712. The third-order valence-corrected chi connectivity index (χ3v) is 3.91. The molecule has 1 atom stereocenters. The van der Waals surface area contributed by atoms with Crippen LogP contribution in [0.25, 0.3) is 0 Å². The molecule has 3 N–H and O–H groups in total. The first-order chi connectivity index (χ1) is 10.8. The summed E-state index contributed by atoms with van der Waals surface area (Å²) in [7, 11) is 1.46. The Kier molecular flexibility index (Phi) is 5.12. The summed E-state index contributed by atoms with van der Waals surface area (Å²) >= 11 is 12.3. The van der Waals surface area contributed by atoms with E-state index in [0.29, 0.717) is 21.7 Å². The van der Waals surface area contributed by atoms with Crippen molar-refractivity contribution >= 4 is 41.1 Å². The lowest BCUT2D eigenvalue weighted by molar-refractivity contribution is -0.136. The van der Waals surface area contributed by atoms with Crippen molar-refractivity contribution in [2.75, 3.05) is 13.6 Å². The van der Waals surface area contributed by atoms with Crippen LogP contribution in [0.1, 0.15) is 11.6 Å². The summed E-state index contributed by atoms with van der Waals surface area (Å²) in [5.41, 5.74) is 0.191. The first kappa shape index (κ1) is 17.1. The van der Waals surface area contributed by atoms with Gasteiger partial charge in [-0.25, -0.2) is 9.59 Å². The second-order valence-electron chi connectivity index (χ2n) is 4.66. The zero-order chi connectivity index (χ0) is 17.1. The Bertz CT molecular complexity index is 698. The number of halogens is 2. The number of hydrogen-bond donors (Lipinski definition) is 3. The molecule has 1 aliphatic heterocycles. The molecule has 1 heterocycles. The molecule has 0 aromatic heterocycles. The van der Waals surface area contributed by atoms with Crippen molar-refractivity contribution in [2.45, 2.75) is 6.04 Å². The molecule has 23 heavy (non-hydrogen) atoms. The summed E-state index contributed by atoms with van der Waals surface area (Å²) in [5.74, 6) is -2.51. The number of guanidine groups is 1. The molecular weight excluding hydrogens is 345 g/mol. The Balaban J connectivity index is 2.42. The molecule has 0 amide bonds. The van der Waals surface area contributed by atoms with Crippen LogP contribution in [0.15, 0.2) is 35.0 Å². The van der Waals surface area contributed by atoms with Gasteiger partial charge in [0.1, 0.15) is 5.70 Å². The van der Waals surface area contributed by atoms with E-state index in [2.05, 4.69) is 10.3 Å². The minimum atomic E-state index is -1.37. The predicted octanol–water partition coefficient (Wildman–Crippen LogP) is 1.98. The standard InChI is InChI=1S/C14H13Cl2N3O4/c1-17-14-18-9(12-7(15)3-2-4-8(12)16)6-19(14)10(13(22)23)5-11(20)21/h2-5,9H,6H2,1H3,(H,17,18)(H,20,21)(H,22,23)/b10-5-. The number of carboxylic acid groups (broad SMARTS) is 2. The first-order valence-corrected chi connectivity index (χ1v) is 7.23. The van der Waals surface area contributed by atoms with Crippen molar-refractivity contribution in [2.24, 2.45) is 4.99 Å². The lowest BCUT2D eigenvalue weighted by Crippen LogP contribution is -2.33. The molecule has 7 nitrogen and oxygen atoms in total. The fourth-order valence-corrected chi connectivity index (χ4v) is 2.99. The van der Waals surface area contributed by atoms with Crippen molar-refractivity contribution in [1.29, 1.82) is 0 Å². The van der Waals surface area contributed by atoms with E-state index < -0.39 is 23.7 Å². The van der Waals surface area contributed by atoms with E-state index in [1.165, 1.54) is 11.9 Å². The van der Waals surface area contributed by atoms with Gasteiger partial charge in [0, 0.05) is 22.7 Å². The predicted molar refractivity (Wildman–Crippen MR) is 85.8 cm³/mol. The van der Waals surface area contributed by atoms with Crippen LogP contribution in [-0.4, -0.2) is 46.6 Å². The Morgan fingerprint density at radius 1 is 1.35 bits per heavy atom. The lowest BCUT2D eigenvalue weighted by Gasteiger charge is -2.17. The zero-order valence-electron chi connectivity index (χ0n) is 12.0. The summed E-state index contributed by atoms with van der Waals surface area (Å²) in [4.78, 5) is 27.4. The maximum atomic E-state index is 11.4. The largest absolute Gasteiger partial charge is 0.478 e. The molecule has 1 saturated heterocycles. The molecule has 1 aliphatic rings. The molecule has 0 bridgehead atoms. The number of carbonyl (C=O) groups is 2. The van der Waals surface area contributed by atoms with Crippen molar-refractivity contribution in [3.63, 3.8) is 0 Å². The molecular formula is C14H13Cl2N3O4. The topological polar surface area (TPSA) is 102 Å². The average Bonchev–Trinajstić information content (AvgIpc) is 2.87. The fraction of sp³-hybridized carbons (Fsp3) is 0.214. The van der Waals surface area contributed by atoms with E-state index in [1.54, 1.807) is 18.2 Å². The average molecular weight is 358 g/mol. The van der Waals surface area contributed by atoms with Gasteiger partial charge < -0.3 is 20.4 Å². The van der Waals surface area contributed by atoms with Gasteiger partial charge in [0.05, 0.1) is 18.7 Å². The Morgan fingerprint density at radius 2 is 1.96 bits per heavy atom. The fourth-order valence-electron chi connectivity index (χ4n) is 2.33. The second-order valence-corrected chi connectivity index (χ2v) is 5.48. The number of nitrogens with one attached hydrogen (secondary N) is 1. The minimum Gasteiger partial charge on any atom is -0.478 e. The molecule has 0 radical (unpaired) electrons. The van der Waals surface area contributed by atoms with Gasteiger partial charge >= 0.3 is 11.9 Å². The third-order valence-electron chi connectivity index (χ3n) is 3.25. The smallest absolute Gasteiger partial charge is 0.352 e. The van der Waals surface area contributed by atoms with Gasteiger partial charge in [-0.2, -0.15) is 0 Å². The number of nitrogens with zero attached hydrogens (tertiary/aromatic N) is 2. The van der Waals surface area contributed by atoms with Gasteiger partial charge in [-0.15, -0.1) is 0 Å². The van der Waals surface area contributed by atoms with Crippen molar-refractivity contribution in [1.82, 2.24) is 10.2 Å². The summed E-state index contributed by atoms with van der Waals surface area (Å²) in [6.45, 7) is 0.127. The Labute approximate surface area is 141 Å². The number of aliphatic carboxylic acids is 2.